The number of para-hydroxylation sites is 2. The van der Waals surface area contributed by atoms with Gasteiger partial charge in [0.15, 0.2) is 11.6 Å². The first-order valence-corrected chi connectivity index (χ1v) is 50.4. The van der Waals surface area contributed by atoms with E-state index in [-0.39, 0.29) is 107 Å². The van der Waals surface area contributed by atoms with E-state index in [1.54, 1.807) is 48.5 Å². The zero-order valence-electron chi connectivity index (χ0n) is 89.0. The number of ketones is 2. The fourth-order valence-corrected chi connectivity index (χ4v) is 13.1. The monoisotopic (exact) mass is 1970 g/mol. The van der Waals surface area contributed by atoms with Crippen molar-refractivity contribution in [1.82, 2.24) is 10.6 Å². The number of carbonyl (C=O) groups is 9. The Morgan fingerprint density at radius 1 is 0.355 bits per heavy atom. The predicted octanol–water partition coefficient (Wildman–Crippen LogP) is 24.3. The van der Waals surface area contributed by atoms with Crippen molar-refractivity contribution in [3.05, 3.63) is 206 Å². The molecule has 0 radical (unpaired) electrons. The van der Waals surface area contributed by atoms with Crippen molar-refractivity contribution in [1.29, 1.82) is 0 Å². The van der Waals surface area contributed by atoms with Gasteiger partial charge in [0.2, 0.25) is 0 Å². The van der Waals surface area contributed by atoms with Gasteiger partial charge in [-0.3, -0.25) is 28.8 Å². The Kier molecular flexibility index (Phi) is 69.6. The Hall–Kier alpha value is -11.2. The predicted molar refractivity (Wildman–Crippen MR) is 558 cm³/mol. The van der Waals surface area contributed by atoms with E-state index in [0.717, 1.165) is 86.0 Å². The number of benzene rings is 4. The zero-order chi connectivity index (χ0) is 106. The van der Waals surface area contributed by atoms with Crippen LogP contribution in [-0.4, -0.2) is 181 Å². The molecule has 6 unspecified atom stereocenters. The molecule has 4 aromatic carbocycles. The zero-order valence-corrected chi connectivity index (χ0v) is 89.0. The first-order chi connectivity index (χ1) is 66.8. The van der Waals surface area contributed by atoms with Crippen molar-refractivity contribution in [2.75, 3.05) is 106 Å². The van der Waals surface area contributed by atoms with Crippen LogP contribution in [0.25, 0.3) is 0 Å². The van der Waals surface area contributed by atoms with Gasteiger partial charge in [-0.05, 0) is 240 Å². The number of rotatable bonds is 70. The van der Waals surface area contributed by atoms with Crippen molar-refractivity contribution in [3.8, 4) is 23.0 Å². The molecule has 0 spiro atoms. The normalized spacial score (nSPS) is 12.5. The standard InChI is InChI=1S/C61H97NO14.C18H23NO7.C13H16O2.C13H24O.C9H16O/c1-11-15-25-47(12-2)45-75-54(64)48(13-3)26-19-20-27-50(55(65)72-39-38-62-58(68)74-43-41-71-52-33-31-49(32-34-52)53(63)59(7,8)69)28-21-22-36-61(10,57(67)73-42-40-70-51-29-17-16-18-30-51)37-24-23-35-60(9,14-4)56(66)76-44-46(5)6;1-4-15(20)25-10-9-19-17(22)26-12-11-24-14-7-5-13(6-8-14)16(21)18(2,3)23;1-11(2)12(3)14-9-10-15-13-7-5-4-6-8-13;1-6-8-9-13(7-2)10-14-12(5)11(3)4;1-7(2)6-10-9(5)8(3)4/h16-18,29-34,46-48,50,69H,11-15,19-28,35-45H2,1-10H3,(H,62,68);4-8,23H,1,9-12H2,2-3H3,(H,19,22);4-8H,1,3,9-10H2,2H3;13H,3,5-10H2,1-2,4H3;7H,3,5-6H2,1-2,4H3. The molecule has 27 nitrogen and oxygen atoms in total. The number of aliphatic hydroxyl groups is 2. The van der Waals surface area contributed by atoms with Crippen LogP contribution in [0.3, 0.4) is 0 Å². The molecule has 792 valence electrons. The first kappa shape index (κ1) is 130. The van der Waals surface area contributed by atoms with Gasteiger partial charge in [0, 0.05) is 17.2 Å². The number of unbranched alkanes of at least 4 members (excludes halogenated alkanes) is 5. The summed E-state index contributed by atoms with van der Waals surface area (Å²) in [5, 5.41) is 24.7. The largest absolute Gasteiger partial charge is 0.494 e. The minimum Gasteiger partial charge on any atom is -0.494 e. The third kappa shape index (κ3) is 62.7. The van der Waals surface area contributed by atoms with E-state index in [0.29, 0.717) is 161 Å². The van der Waals surface area contributed by atoms with Crippen LogP contribution in [0.2, 0.25) is 0 Å². The van der Waals surface area contributed by atoms with Gasteiger partial charge in [0.05, 0.1) is 62.2 Å². The molecule has 0 aromatic heterocycles. The number of hydrogen-bond donors (Lipinski definition) is 4. The lowest BCUT2D eigenvalue weighted by molar-refractivity contribution is -0.158. The number of Topliss-reactive ketones (excluding diaryl/α,β-unsaturated/α-hetero) is 2. The average Bonchev–Trinajstić information content (AvgIpc) is 0.855. The van der Waals surface area contributed by atoms with Crippen molar-refractivity contribution >= 4 is 53.6 Å². The van der Waals surface area contributed by atoms with E-state index in [1.807, 2.05) is 123 Å². The maximum absolute atomic E-state index is 13.9. The van der Waals surface area contributed by atoms with E-state index in [9.17, 15) is 53.4 Å². The summed E-state index contributed by atoms with van der Waals surface area (Å²) in [6.45, 7) is 65.8. The number of nitrogens with one attached hydrogen (secondary N) is 2. The number of alkyl carbamates (subject to hydrolysis) is 2. The molecule has 4 N–H and O–H groups in total. The second-order valence-corrected chi connectivity index (χ2v) is 37.6. The van der Waals surface area contributed by atoms with Crippen molar-refractivity contribution < 1.29 is 120 Å². The number of esters is 5. The molecule has 0 fully saturated rings. The molecule has 27 heteroatoms. The molecule has 0 aliphatic carbocycles. The van der Waals surface area contributed by atoms with Crippen LogP contribution in [0, 0.1) is 46.3 Å². The highest BCUT2D eigenvalue weighted by Gasteiger charge is 2.37. The number of ether oxygens (including phenoxy) is 14. The highest BCUT2D eigenvalue weighted by Crippen LogP contribution is 2.37. The van der Waals surface area contributed by atoms with Gasteiger partial charge in [-0.2, -0.15) is 0 Å². The Balaban J connectivity index is 0.00000238. The van der Waals surface area contributed by atoms with Gasteiger partial charge in [-0.15, -0.1) is 0 Å². The van der Waals surface area contributed by atoms with E-state index >= 15 is 0 Å². The van der Waals surface area contributed by atoms with E-state index in [1.165, 1.54) is 53.4 Å². The quantitative estimate of drug-likeness (QED) is 0.00607. The van der Waals surface area contributed by atoms with Crippen LogP contribution in [0.4, 0.5) is 9.59 Å². The second-order valence-electron chi connectivity index (χ2n) is 37.6. The molecule has 4 rings (SSSR count). The summed E-state index contributed by atoms with van der Waals surface area (Å²) < 4.78 is 76.2. The molecule has 141 heavy (non-hydrogen) atoms. The summed E-state index contributed by atoms with van der Waals surface area (Å²) >= 11 is 0. The van der Waals surface area contributed by atoms with E-state index in [4.69, 9.17) is 61.6 Å². The molecule has 0 aliphatic rings. The maximum atomic E-state index is 13.9. The van der Waals surface area contributed by atoms with Crippen molar-refractivity contribution in [3.63, 3.8) is 0 Å². The van der Waals surface area contributed by atoms with Gasteiger partial charge < -0.3 is 87.2 Å². The van der Waals surface area contributed by atoms with Crippen molar-refractivity contribution in [2.45, 2.75) is 284 Å². The van der Waals surface area contributed by atoms with Crippen LogP contribution >= 0.6 is 0 Å². The summed E-state index contributed by atoms with van der Waals surface area (Å²) in [5.41, 5.74) is -0.983. The lowest BCUT2D eigenvalue weighted by atomic mass is 9.77. The SMILES string of the molecule is C=C(C)C(=C)OCC(C)C.C=C(C)C(=C)OCC(CC)CCCC.C=C(C)C(=C)OCCOc1ccccc1.C=CC(=O)OCCNC(=O)OCCOc1ccc(C(=O)C(C)(C)O)cc1.CCCCC(CC)COC(=O)C(CC)CCCCC(CCCCC(C)(CCCCC(C)(CC)C(=O)OCC(C)C)C(=O)OCCOc1ccccc1)C(=O)OCCNC(=O)OCCOc1ccc(C(=O)C(C)(C)O)cc1. The number of hydrogen-bond acceptors (Lipinski definition) is 25. The maximum Gasteiger partial charge on any atom is 0.407 e. The molecule has 0 saturated heterocycles. The van der Waals surface area contributed by atoms with Gasteiger partial charge >= 0.3 is 42.0 Å². The Morgan fingerprint density at radius 3 is 1.08 bits per heavy atom. The summed E-state index contributed by atoms with van der Waals surface area (Å²) in [6, 6.07) is 31.6. The molecule has 0 saturated carbocycles. The average molecular weight is 1970 g/mol. The minimum atomic E-state index is -1.50. The van der Waals surface area contributed by atoms with Crippen LogP contribution < -0.4 is 29.6 Å². The second kappa shape index (κ2) is 75.6. The lowest BCUT2D eigenvalue weighted by Crippen LogP contribution is -2.32. The molecule has 0 bridgehead atoms. The Bertz CT molecular complexity index is 4260. The molecular weight excluding hydrogens is 1800 g/mol. The third-order valence-electron chi connectivity index (χ3n) is 22.7. The first-order valence-electron chi connectivity index (χ1n) is 50.4. The van der Waals surface area contributed by atoms with Gasteiger partial charge in [0.1, 0.15) is 118 Å². The van der Waals surface area contributed by atoms with E-state index < -0.39 is 51.9 Å². The summed E-state index contributed by atoms with van der Waals surface area (Å²) in [6.07, 6.45) is 17.8. The van der Waals surface area contributed by atoms with Crippen LogP contribution in [-0.2, 0) is 71.3 Å². The number of carbonyl (C=O) groups excluding carboxylic acids is 9. The topological polar surface area (TPSA) is 347 Å². The summed E-state index contributed by atoms with van der Waals surface area (Å²) in [7, 11) is 0. The molecule has 0 heterocycles. The Labute approximate surface area is 844 Å². The highest BCUT2D eigenvalue weighted by molar-refractivity contribution is 6.02. The van der Waals surface area contributed by atoms with Gasteiger partial charge in [-0.25, -0.2) is 14.4 Å². The summed E-state index contributed by atoms with van der Waals surface area (Å²) in [4.78, 5) is 113. The fraction of sp³-hybridized carbons (Fsp3) is 0.588. The molecule has 4 aromatic rings. The minimum absolute atomic E-state index is 0.0165. The highest BCUT2D eigenvalue weighted by atomic mass is 16.6. The smallest absolute Gasteiger partial charge is 0.407 e. The fourth-order valence-electron chi connectivity index (χ4n) is 13.1. The van der Waals surface area contributed by atoms with Gasteiger partial charge in [-0.1, -0.05) is 229 Å². The number of allylic oxidation sites excluding steroid dienone is 3. The molecule has 6 atom stereocenters. The van der Waals surface area contributed by atoms with Crippen LogP contribution in [0.1, 0.15) is 294 Å². The number of amides is 2. The van der Waals surface area contributed by atoms with E-state index in [2.05, 4.69) is 103 Å². The lowest BCUT2D eigenvalue weighted by Gasteiger charge is -2.29. The van der Waals surface area contributed by atoms with Gasteiger partial charge in [0.25, 0.3) is 0 Å². The molecule has 2 amide bonds. The van der Waals surface area contributed by atoms with Crippen LogP contribution in [0.5, 0.6) is 23.0 Å². The molecular formula is C114H176N2O25. The molecule has 0 aliphatic heterocycles. The van der Waals surface area contributed by atoms with Crippen LogP contribution in [0.15, 0.2) is 195 Å². The third-order valence-corrected chi connectivity index (χ3v) is 22.7. The summed E-state index contributed by atoms with van der Waals surface area (Å²) in [5.74, 6) is 3.32. The Morgan fingerprint density at radius 2 is 0.695 bits per heavy atom. The van der Waals surface area contributed by atoms with Crippen molar-refractivity contribution in [2.24, 2.45) is 46.3 Å².